The summed E-state index contributed by atoms with van der Waals surface area (Å²) < 4.78 is 0. The zero-order valence-electron chi connectivity index (χ0n) is 11.6. The number of nitrogens with one attached hydrogen (secondary N) is 1. The van der Waals surface area contributed by atoms with Gasteiger partial charge in [0, 0.05) is 24.7 Å². The average Bonchev–Trinajstić information content (AvgIpc) is 2.41. The number of nitrogens with zero attached hydrogens (tertiary/aromatic N) is 2. The van der Waals surface area contributed by atoms with E-state index >= 15 is 0 Å². The van der Waals surface area contributed by atoms with Crippen molar-refractivity contribution < 1.29 is 9.90 Å². The summed E-state index contributed by atoms with van der Waals surface area (Å²) in [4.78, 5) is 14.3. The summed E-state index contributed by atoms with van der Waals surface area (Å²) in [6.07, 6.45) is 1.73. The van der Waals surface area contributed by atoms with Crippen LogP contribution in [0.3, 0.4) is 0 Å². The van der Waals surface area contributed by atoms with Crippen LogP contribution in [0, 0.1) is 18.3 Å². The van der Waals surface area contributed by atoms with Crippen molar-refractivity contribution in [2.24, 2.45) is 0 Å². The smallest absolute Gasteiger partial charge is 0.251 e. The second kappa shape index (κ2) is 6.40. The number of rotatable bonds is 3. The standard InChI is InChI=1S/C15H19N3O2/c1-11-10-13(19)2-3-14(11)15(20)17-12-4-7-18(8-5-12)9-6-16/h2-3,10,12,19H,4-5,7-9H2,1H3,(H,17,20). The molecule has 1 aromatic rings. The maximum atomic E-state index is 12.2. The summed E-state index contributed by atoms with van der Waals surface area (Å²) in [5.74, 6) is 0.0742. The molecule has 0 unspecified atom stereocenters. The summed E-state index contributed by atoms with van der Waals surface area (Å²) in [5.41, 5.74) is 1.37. The van der Waals surface area contributed by atoms with Crippen LogP contribution >= 0.6 is 0 Å². The molecule has 1 aliphatic heterocycles. The highest BCUT2D eigenvalue weighted by Crippen LogP contribution is 2.17. The van der Waals surface area contributed by atoms with Crippen LogP contribution in [0.5, 0.6) is 5.75 Å². The Balaban J connectivity index is 1.91. The van der Waals surface area contributed by atoms with E-state index in [1.165, 1.54) is 6.07 Å². The van der Waals surface area contributed by atoms with E-state index in [1.54, 1.807) is 12.1 Å². The fourth-order valence-corrected chi connectivity index (χ4v) is 2.50. The number of amides is 1. The molecular weight excluding hydrogens is 254 g/mol. The van der Waals surface area contributed by atoms with Crippen molar-refractivity contribution in [3.8, 4) is 11.8 Å². The van der Waals surface area contributed by atoms with E-state index < -0.39 is 0 Å². The van der Waals surface area contributed by atoms with Crippen molar-refractivity contribution in [3.05, 3.63) is 29.3 Å². The van der Waals surface area contributed by atoms with E-state index in [0.29, 0.717) is 12.1 Å². The molecule has 1 aliphatic rings. The second-order valence-corrected chi connectivity index (χ2v) is 5.18. The zero-order valence-corrected chi connectivity index (χ0v) is 11.6. The molecule has 0 saturated carbocycles. The van der Waals surface area contributed by atoms with Gasteiger partial charge in [-0.2, -0.15) is 5.26 Å². The maximum absolute atomic E-state index is 12.2. The van der Waals surface area contributed by atoms with Gasteiger partial charge >= 0.3 is 0 Å². The van der Waals surface area contributed by atoms with Crippen molar-refractivity contribution >= 4 is 5.91 Å². The number of carbonyl (C=O) groups excluding carboxylic acids is 1. The van der Waals surface area contributed by atoms with Gasteiger partial charge in [-0.05, 0) is 43.5 Å². The highest BCUT2D eigenvalue weighted by atomic mass is 16.3. The Hall–Kier alpha value is -2.06. The lowest BCUT2D eigenvalue weighted by Gasteiger charge is -2.30. The number of hydrogen-bond donors (Lipinski definition) is 2. The molecule has 0 aromatic heterocycles. The average molecular weight is 273 g/mol. The predicted octanol–water partition coefficient (Wildman–Crippen LogP) is 1.42. The Kier molecular flexibility index (Phi) is 4.59. The van der Waals surface area contributed by atoms with E-state index in [4.69, 9.17) is 5.26 Å². The largest absolute Gasteiger partial charge is 0.508 e. The van der Waals surface area contributed by atoms with Gasteiger partial charge in [0.2, 0.25) is 0 Å². The van der Waals surface area contributed by atoms with E-state index in [0.717, 1.165) is 31.5 Å². The highest BCUT2D eigenvalue weighted by Gasteiger charge is 2.21. The van der Waals surface area contributed by atoms with Crippen molar-refractivity contribution in [2.45, 2.75) is 25.8 Å². The van der Waals surface area contributed by atoms with E-state index in [-0.39, 0.29) is 17.7 Å². The lowest BCUT2D eigenvalue weighted by atomic mass is 10.0. The van der Waals surface area contributed by atoms with Crippen molar-refractivity contribution in [1.29, 1.82) is 5.26 Å². The first-order chi connectivity index (χ1) is 9.60. The summed E-state index contributed by atoms with van der Waals surface area (Å²) >= 11 is 0. The number of likely N-dealkylation sites (tertiary alicyclic amines) is 1. The zero-order chi connectivity index (χ0) is 14.5. The van der Waals surface area contributed by atoms with Crippen LogP contribution in [0.1, 0.15) is 28.8 Å². The quantitative estimate of drug-likeness (QED) is 0.817. The molecule has 106 valence electrons. The van der Waals surface area contributed by atoms with Crippen LogP contribution in [0.2, 0.25) is 0 Å². The first-order valence-electron chi connectivity index (χ1n) is 6.80. The molecule has 1 saturated heterocycles. The molecule has 1 heterocycles. The third kappa shape index (κ3) is 3.49. The number of aromatic hydroxyl groups is 1. The molecule has 0 radical (unpaired) electrons. The molecule has 0 spiro atoms. The molecule has 5 heteroatoms. The van der Waals surface area contributed by atoms with Gasteiger partial charge in [-0.3, -0.25) is 9.69 Å². The molecule has 0 bridgehead atoms. The first kappa shape index (κ1) is 14.4. The summed E-state index contributed by atoms with van der Waals surface area (Å²) in [6.45, 7) is 3.95. The number of benzene rings is 1. The van der Waals surface area contributed by atoms with Crippen LogP contribution in [0.4, 0.5) is 0 Å². The fourth-order valence-electron chi connectivity index (χ4n) is 2.50. The third-order valence-electron chi connectivity index (χ3n) is 3.67. The van der Waals surface area contributed by atoms with Crippen LogP contribution in [0.15, 0.2) is 18.2 Å². The second-order valence-electron chi connectivity index (χ2n) is 5.18. The van der Waals surface area contributed by atoms with Crippen LogP contribution < -0.4 is 5.32 Å². The Morgan fingerprint density at radius 2 is 2.20 bits per heavy atom. The summed E-state index contributed by atoms with van der Waals surface area (Å²) in [5, 5.41) is 21.0. The highest BCUT2D eigenvalue weighted by molar-refractivity contribution is 5.95. The van der Waals surface area contributed by atoms with E-state index in [9.17, 15) is 9.90 Å². The summed E-state index contributed by atoms with van der Waals surface area (Å²) in [7, 11) is 0. The minimum atomic E-state index is -0.0961. The Bertz CT molecular complexity index is 528. The Morgan fingerprint density at radius 3 is 2.80 bits per heavy atom. The lowest BCUT2D eigenvalue weighted by Crippen LogP contribution is -2.44. The lowest BCUT2D eigenvalue weighted by molar-refractivity contribution is 0.0914. The van der Waals surface area contributed by atoms with Gasteiger partial charge in [0.25, 0.3) is 5.91 Å². The van der Waals surface area contributed by atoms with Gasteiger partial charge in [0.15, 0.2) is 0 Å². The number of phenols is 1. The van der Waals surface area contributed by atoms with Gasteiger partial charge < -0.3 is 10.4 Å². The maximum Gasteiger partial charge on any atom is 0.251 e. The van der Waals surface area contributed by atoms with Gasteiger partial charge in [0.1, 0.15) is 5.75 Å². The van der Waals surface area contributed by atoms with Gasteiger partial charge in [0.05, 0.1) is 12.6 Å². The number of piperidine rings is 1. The van der Waals surface area contributed by atoms with Crippen molar-refractivity contribution in [3.63, 3.8) is 0 Å². The van der Waals surface area contributed by atoms with Gasteiger partial charge in [-0.25, -0.2) is 0 Å². The molecule has 5 nitrogen and oxygen atoms in total. The van der Waals surface area contributed by atoms with Crippen molar-refractivity contribution in [2.75, 3.05) is 19.6 Å². The van der Waals surface area contributed by atoms with E-state index in [2.05, 4.69) is 16.3 Å². The van der Waals surface area contributed by atoms with Crippen LogP contribution in [0.25, 0.3) is 0 Å². The van der Waals surface area contributed by atoms with Crippen LogP contribution in [-0.2, 0) is 0 Å². The molecule has 2 rings (SSSR count). The molecule has 0 aliphatic carbocycles. The van der Waals surface area contributed by atoms with Crippen LogP contribution in [-0.4, -0.2) is 41.6 Å². The number of hydrogen-bond acceptors (Lipinski definition) is 4. The number of aryl methyl sites for hydroxylation is 1. The summed E-state index contributed by atoms with van der Waals surface area (Å²) in [6, 6.07) is 7.06. The van der Waals surface area contributed by atoms with Gasteiger partial charge in [-0.1, -0.05) is 0 Å². The molecule has 20 heavy (non-hydrogen) atoms. The monoisotopic (exact) mass is 273 g/mol. The predicted molar refractivity (Wildman–Crippen MR) is 75.4 cm³/mol. The van der Waals surface area contributed by atoms with Gasteiger partial charge in [-0.15, -0.1) is 0 Å². The Labute approximate surface area is 118 Å². The molecule has 1 fully saturated rings. The number of carbonyl (C=O) groups is 1. The first-order valence-corrected chi connectivity index (χ1v) is 6.80. The van der Waals surface area contributed by atoms with E-state index in [1.807, 2.05) is 6.92 Å². The molecule has 0 atom stereocenters. The molecular formula is C15H19N3O2. The minimum absolute atomic E-state index is 0.0961. The Morgan fingerprint density at radius 1 is 1.50 bits per heavy atom. The minimum Gasteiger partial charge on any atom is -0.508 e. The fraction of sp³-hybridized carbons (Fsp3) is 0.467. The molecule has 2 N–H and O–H groups in total. The molecule has 1 amide bonds. The number of nitriles is 1. The molecule has 1 aromatic carbocycles. The normalized spacial score (nSPS) is 16.6. The third-order valence-corrected chi connectivity index (χ3v) is 3.67. The number of phenolic OH excluding ortho intramolecular Hbond substituents is 1. The topological polar surface area (TPSA) is 76.4 Å². The SMILES string of the molecule is Cc1cc(O)ccc1C(=O)NC1CCN(CC#N)CC1. The van der Waals surface area contributed by atoms with Crippen molar-refractivity contribution in [1.82, 2.24) is 10.2 Å².